The number of sulfone groups is 1. The van der Waals surface area contributed by atoms with Crippen molar-refractivity contribution in [3.8, 4) is 0 Å². The first-order chi connectivity index (χ1) is 10.6. The molecular weight excluding hydrogens is 337 g/mol. The van der Waals surface area contributed by atoms with E-state index in [2.05, 4.69) is 4.74 Å². The summed E-state index contributed by atoms with van der Waals surface area (Å²) in [5, 5.41) is -3.54. The van der Waals surface area contributed by atoms with Gasteiger partial charge in [-0.15, -0.1) is 0 Å². The molecule has 0 heterocycles. The van der Waals surface area contributed by atoms with E-state index >= 15 is 4.39 Å². The van der Waals surface area contributed by atoms with Gasteiger partial charge in [0, 0.05) is 18.8 Å². The number of carbonyl (C=O) groups is 2. The molecule has 1 aliphatic rings. The van der Waals surface area contributed by atoms with E-state index in [0.717, 1.165) is 7.11 Å². The van der Waals surface area contributed by atoms with Gasteiger partial charge in [0.15, 0.2) is 11.6 Å². The summed E-state index contributed by atoms with van der Waals surface area (Å²) in [7, 11) is -4.26. The predicted molar refractivity (Wildman–Crippen MR) is 71.7 cm³/mol. The van der Waals surface area contributed by atoms with Crippen molar-refractivity contribution < 1.29 is 35.9 Å². The molecule has 0 saturated heterocycles. The zero-order chi connectivity index (χ0) is 17.4. The maximum Gasteiger partial charge on any atom is 0.360 e. The van der Waals surface area contributed by atoms with Gasteiger partial charge in [-0.3, -0.25) is 4.79 Å². The zero-order valence-corrected chi connectivity index (χ0v) is 12.8. The molecule has 1 aromatic rings. The van der Waals surface area contributed by atoms with Crippen LogP contribution in [0.15, 0.2) is 23.1 Å². The van der Waals surface area contributed by atoms with E-state index in [0.29, 0.717) is 18.2 Å². The number of alkyl halides is 1. The topological polar surface area (TPSA) is 77.5 Å². The van der Waals surface area contributed by atoms with Crippen LogP contribution in [-0.4, -0.2) is 32.3 Å². The SMILES string of the molecule is COC(=O)C(F)(C1CCC(=O)C1)S(=O)(=O)c1ccc(F)c(F)c1. The van der Waals surface area contributed by atoms with Gasteiger partial charge in [-0.05, 0) is 24.6 Å². The molecule has 9 heteroatoms. The standard InChI is InChI=1S/C14H13F3O5S/c1-22-13(19)14(17,8-2-3-9(18)6-8)23(20,21)10-4-5-11(15)12(16)7-10/h4-5,7-8H,2-3,6H2,1H3. The molecule has 1 aromatic carbocycles. The molecule has 1 saturated carbocycles. The van der Waals surface area contributed by atoms with Crippen molar-refractivity contribution in [2.45, 2.75) is 29.2 Å². The normalized spacial score (nSPS) is 21.0. The van der Waals surface area contributed by atoms with E-state index in [1.807, 2.05) is 0 Å². The highest BCUT2D eigenvalue weighted by molar-refractivity contribution is 7.93. The van der Waals surface area contributed by atoms with Gasteiger partial charge in [-0.2, -0.15) is 0 Å². The minimum atomic E-state index is -5.06. The van der Waals surface area contributed by atoms with Crippen LogP contribution in [0.1, 0.15) is 19.3 Å². The summed E-state index contributed by atoms with van der Waals surface area (Å²) in [6.07, 6.45) is -0.678. The number of hydrogen-bond donors (Lipinski definition) is 0. The smallest absolute Gasteiger partial charge is 0.360 e. The fourth-order valence-corrected chi connectivity index (χ4v) is 4.37. The molecule has 5 nitrogen and oxygen atoms in total. The van der Waals surface area contributed by atoms with Gasteiger partial charge in [-0.1, -0.05) is 0 Å². The Morgan fingerprint density at radius 3 is 2.43 bits per heavy atom. The van der Waals surface area contributed by atoms with Gasteiger partial charge in [-0.25, -0.2) is 26.4 Å². The molecule has 0 spiro atoms. The van der Waals surface area contributed by atoms with Crippen molar-refractivity contribution in [2.75, 3.05) is 7.11 Å². The molecule has 2 atom stereocenters. The van der Waals surface area contributed by atoms with Gasteiger partial charge in [0.1, 0.15) is 5.78 Å². The summed E-state index contributed by atoms with van der Waals surface area (Å²) in [6, 6.07) is 1.46. The van der Waals surface area contributed by atoms with Gasteiger partial charge >= 0.3 is 11.0 Å². The van der Waals surface area contributed by atoms with E-state index in [-0.39, 0.29) is 18.6 Å². The Morgan fingerprint density at radius 2 is 1.96 bits per heavy atom. The lowest BCUT2D eigenvalue weighted by Crippen LogP contribution is -2.48. The van der Waals surface area contributed by atoms with Crippen molar-refractivity contribution in [3.63, 3.8) is 0 Å². The molecule has 126 valence electrons. The first-order valence-electron chi connectivity index (χ1n) is 6.63. The average molecular weight is 350 g/mol. The Kier molecular flexibility index (Phi) is 4.52. The van der Waals surface area contributed by atoms with Gasteiger partial charge < -0.3 is 4.74 Å². The number of Topliss-reactive ketones (excluding diaryl/α,β-unsaturated/α-hetero) is 1. The number of halogens is 3. The highest BCUT2D eigenvalue weighted by Crippen LogP contribution is 2.43. The number of esters is 1. The second-order valence-corrected chi connectivity index (χ2v) is 7.27. The molecule has 23 heavy (non-hydrogen) atoms. The summed E-state index contributed by atoms with van der Waals surface area (Å²) < 4.78 is 70.9. The van der Waals surface area contributed by atoms with E-state index in [1.165, 1.54) is 0 Å². The maximum absolute atomic E-state index is 15.3. The van der Waals surface area contributed by atoms with Crippen LogP contribution in [0.4, 0.5) is 13.2 Å². The average Bonchev–Trinajstić information content (AvgIpc) is 2.94. The Balaban J connectivity index is 2.59. The van der Waals surface area contributed by atoms with Crippen LogP contribution in [0.2, 0.25) is 0 Å². The minimum absolute atomic E-state index is 0.0688. The number of benzene rings is 1. The molecule has 0 amide bonds. The highest BCUT2D eigenvalue weighted by atomic mass is 32.2. The summed E-state index contributed by atoms with van der Waals surface area (Å²) in [6.45, 7) is 0. The molecule has 1 aliphatic carbocycles. The lowest BCUT2D eigenvalue weighted by atomic mass is 10.0. The number of rotatable bonds is 4. The maximum atomic E-state index is 15.3. The summed E-state index contributed by atoms with van der Waals surface area (Å²) in [5.41, 5.74) is 0. The molecule has 2 unspecified atom stereocenters. The summed E-state index contributed by atoms with van der Waals surface area (Å²) in [5.74, 6) is -6.34. The number of methoxy groups -OCH3 is 1. The van der Waals surface area contributed by atoms with Crippen LogP contribution in [-0.2, 0) is 24.2 Å². The van der Waals surface area contributed by atoms with E-state index in [1.54, 1.807) is 0 Å². The highest BCUT2D eigenvalue weighted by Gasteiger charge is 2.60. The lowest BCUT2D eigenvalue weighted by Gasteiger charge is -2.27. The van der Waals surface area contributed by atoms with Gasteiger partial charge in [0.2, 0.25) is 9.84 Å². The predicted octanol–water partition coefficient (Wildman–Crippen LogP) is 1.95. The Labute approximate surface area is 130 Å². The van der Waals surface area contributed by atoms with Gasteiger partial charge in [0.05, 0.1) is 12.0 Å². The molecule has 2 rings (SSSR count). The third-order valence-corrected chi connectivity index (χ3v) is 5.98. The molecular formula is C14H13F3O5S. The Hall–Kier alpha value is -1.90. The van der Waals surface area contributed by atoms with Crippen LogP contribution in [0.25, 0.3) is 0 Å². The first-order valence-corrected chi connectivity index (χ1v) is 8.11. The van der Waals surface area contributed by atoms with Crippen molar-refractivity contribution in [2.24, 2.45) is 5.92 Å². The quantitative estimate of drug-likeness (QED) is 0.613. The molecule has 0 N–H and O–H groups in total. The Bertz CT molecular complexity index is 762. The third-order valence-electron chi connectivity index (χ3n) is 3.83. The van der Waals surface area contributed by atoms with Crippen LogP contribution in [0.3, 0.4) is 0 Å². The molecule has 0 radical (unpaired) electrons. The van der Waals surface area contributed by atoms with Crippen molar-refractivity contribution >= 4 is 21.6 Å². The van der Waals surface area contributed by atoms with Crippen molar-refractivity contribution in [1.82, 2.24) is 0 Å². The monoisotopic (exact) mass is 350 g/mol. The van der Waals surface area contributed by atoms with Crippen LogP contribution in [0, 0.1) is 17.6 Å². The summed E-state index contributed by atoms with van der Waals surface area (Å²) >= 11 is 0. The van der Waals surface area contributed by atoms with Crippen LogP contribution in [0.5, 0.6) is 0 Å². The molecule has 1 fully saturated rings. The van der Waals surface area contributed by atoms with Crippen molar-refractivity contribution in [1.29, 1.82) is 0 Å². The zero-order valence-electron chi connectivity index (χ0n) is 12.0. The second-order valence-electron chi connectivity index (χ2n) is 5.19. The van der Waals surface area contributed by atoms with E-state index in [4.69, 9.17) is 0 Å². The molecule has 0 aromatic heterocycles. The second kappa shape index (κ2) is 5.95. The fourth-order valence-electron chi connectivity index (χ4n) is 2.58. The van der Waals surface area contributed by atoms with E-state index in [9.17, 15) is 26.8 Å². The number of ketones is 1. The fraction of sp³-hybridized carbons (Fsp3) is 0.429. The lowest BCUT2D eigenvalue weighted by molar-refractivity contribution is -0.151. The summed E-state index contributed by atoms with van der Waals surface area (Å²) in [4.78, 5) is 22.3. The molecule has 0 aliphatic heterocycles. The third kappa shape index (κ3) is 2.73. The van der Waals surface area contributed by atoms with Gasteiger partial charge in [0.25, 0.3) is 0 Å². The Morgan fingerprint density at radius 1 is 1.30 bits per heavy atom. The first kappa shape index (κ1) is 17.5. The number of carbonyl (C=O) groups excluding carboxylic acids is 2. The van der Waals surface area contributed by atoms with Crippen LogP contribution >= 0.6 is 0 Å². The molecule has 0 bridgehead atoms. The largest absolute Gasteiger partial charge is 0.466 e. The van der Waals surface area contributed by atoms with Crippen LogP contribution < -0.4 is 0 Å². The van der Waals surface area contributed by atoms with E-state index < -0.39 is 49.7 Å². The van der Waals surface area contributed by atoms with Crippen molar-refractivity contribution in [3.05, 3.63) is 29.8 Å². The number of ether oxygens (including phenoxy) is 1. The minimum Gasteiger partial charge on any atom is -0.466 e. The number of hydrogen-bond acceptors (Lipinski definition) is 5.